The Kier molecular flexibility index (Phi) is 1.88. The van der Waals surface area contributed by atoms with Crippen LogP contribution in [0.1, 0.15) is 24.4 Å². The molecule has 1 rings (SSSR count). The van der Waals surface area contributed by atoms with Crippen LogP contribution >= 0.6 is 11.3 Å². The number of nitrogens with zero attached hydrogens (tertiary/aromatic N) is 1. The Morgan fingerprint density at radius 3 is 2.27 bits per heavy atom. The first-order chi connectivity index (χ1) is 4.91. The number of alkyl halides is 1. The molecule has 1 heterocycles. The lowest BCUT2D eigenvalue weighted by Crippen LogP contribution is -2.07. The van der Waals surface area contributed by atoms with Crippen molar-refractivity contribution in [3.05, 3.63) is 10.6 Å². The largest absolute Gasteiger partial charge is 0.375 e. The minimum atomic E-state index is -1.32. The van der Waals surface area contributed by atoms with Crippen LogP contribution in [0.3, 0.4) is 0 Å². The SMILES string of the molecule is Cc1nc(N)sc1C(C)(C)F. The average molecular weight is 174 g/mol. The molecule has 0 radical (unpaired) electrons. The number of halogens is 1. The molecule has 0 aliphatic rings. The van der Waals surface area contributed by atoms with E-state index in [1.807, 2.05) is 0 Å². The van der Waals surface area contributed by atoms with Gasteiger partial charge in [-0.2, -0.15) is 0 Å². The van der Waals surface area contributed by atoms with Crippen LogP contribution in [0.15, 0.2) is 0 Å². The molecule has 0 aromatic carbocycles. The van der Waals surface area contributed by atoms with Gasteiger partial charge in [0, 0.05) is 0 Å². The summed E-state index contributed by atoms with van der Waals surface area (Å²) in [5.74, 6) is 0. The molecule has 0 amide bonds. The van der Waals surface area contributed by atoms with Crippen LogP contribution in [0.4, 0.5) is 9.52 Å². The lowest BCUT2D eigenvalue weighted by Gasteiger charge is -2.11. The standard InChI is InChI=1S/C7H11FN2S/c1-4-5(7(2,3)8)11-6(9)10-4/h1-3H3,(H2,9,10). The summed E-state index contributed by atoms with van der Waals surface area (Å²) in [7, 11) is 0. The van der Waals surface area contributed by atoms with E-state index in [1.54, 1.807) is 6.92 Å². The summed E-state index contributed by atoms with van der Waals surface area (Å²) in [4.78, 5) is 4.55. The van der Waals surface area contributed by atoms with Crippen LogP contribution in [-0.4, -0.2) is 4.98 Å². The van der Waals surface area contributed by atoms with Crippen LogP contribution in [-0.2, 0) is 5.67 Å². The van der Waals surface area contributed by atoms with E-state index in [4.69, 9.17) is 5.73 Å². The van der Waals surface area contributed by atoms with Gasteiger partial charge in [-0.25, -0.2) is 9.37 Å². The first-order valence-corrected chi connectivity index (χ1v) is 4.15. The third-order valence-electron chi connectivity index (χ3n) is 1.35. The molecule has 0 bridgehead atoms. The minimum Gasteiger partial charge on any atom is -0.375 e. The van der Waals surface area contributed by atoms with Crippen molar-refractivity contribution in [2.24, 2.45) is 0 Å². The van der Waals surface area contributed by atoms with Gasteiger partial charge in [0.15, 0.2) is 5.13 Å². The van der Waals surface area contributed by atoms with Crippen molar-refractivity contribution in [3.63, 3.8) is 0 Å². The Morgan fingerprint density at radius 1 is 1.55 bits per heavy atom. The number of rotatable bonds is 1. The molecule has 1 aromatic rings. The van der Waals surface area contributed by atoms with Crippen LogP contribution in [0.25, 0.3) is 0 Å². The molecule has 62 valence electrons. The first-order valence-electron chi connectivity index (χ1n) is 3.33. The van der Waals surface area contributed by atoms with Gasteiger partial charge in [0.25, 0.3) is 0 Å². The molecule has 11 heavy (non-hydrogen) atoms. The van der Waals surface area contributed by atoms with Crippen molar-refractivity contribution in [1.82, 2.24) is 4.98 Å². The maximum Gasteiger partial charge on any atom is 0.180 e. The zero-order valence-corrected chi connectivity index (χ0v) is 7.63. The van der Waals surface area contributed by atoms with Gasteiger partial charge in [-0.1, -0.05) is 11.3 Å². The highest BCUT2D eigenvalue weighted by Crippen LogP contribution is 2.33. The maximum absolute atomic E-state index is 13.3. The molecule has 1 aromatic heterocycles. The predicted molar refractivity (Wildman–Crippen MR) is 45.4 cm³/mol. The Balaban J connectivity index is 3.13. The lowest BCUT2D eigenvalue weighted by atomic mass is 10.1. The van der Waals surface area contributed by atoms with Gasteiger partial charge in [-0.15, -0.1) is 0 Å². The van der Waals surface area contributed by atoms with Crippen LogP contribution in [0.2, 0.25) is 0 Å². The molecule has 0 aliphatic carbocycles. The Morgan fingerprint density at radius 2 is 2.09 bits per heavy atom. The minimum absolute atomic E-state index is 0.434. The molecule has 2 N–H and O–H groups in total. The topological polar surface area (TPSA) is 38.9 Å². The van der Waals surface area contributed by atoms with E-state index < -0.39 is 5.67 Å². The third-order valence-corrected chi connectivity index (χ3v) is 2.64. The van der Waals surface area contributed by atoms with E-state index in [1.165, 1.54) is 25.2 Å². The fourth-order valence-electron chi connectivity index (χ4n) is 0.969. The van der Waals surface area contributed by atoms with Crippen molar-refractivity contribution >= 4 is 16.5 Å². The smallest absolute Gasteiger partial charge is 0.180 e. The number of hydrogen-bond donors (Lipinski definition) is 1. The number of aryl methyl sites for hydroxylation is 1. The van der Waals surface area contributed by atoms with Crippen molar-refractivity contribution in [2.75, 3.05) is 5.73 Å². The van der Waals surface area contributed by atoms with Crippen molar-refractivity contribution in [1.29, 1.82) is 0 Å². The predicted octanol–water partition coefficient (Wildman–Crippen LogP) is 2.24. The van der Waals surface area contributed by atoms with Crippen LogP contribution in [0, 0.1) is 6.92 Å². The molecule has 2 nitrogen and oxygen atoms in total. The van der Waals surface area contributed by atoms with E-state index in [-0.39, 0.29) is 0 Å². The number of nitrogen functional groups attached to an aromatic ring is 1. The molecular weight excluding hydrogens is 163 g/mol. The van der Waals surface area contributed by atoms with E-state index in [0.717, 1.165) is 0 Å². The van der Waals surface area contributed by atoms with E-state index in [9.17, 15) is 4.39 Å². The second-order valence-corrected chi connectivity index (χ2v) is 3.97. The maximum atomic E-state index is 13.3. The Labute approximate surface area is 69.3 Å². The van der Waals surface area contributed by atoms with Gasteiger partial charge >= 0.3 is 0 Å². The zero-order valence-electron chi connectivity index (χ0n) is 6.81. The van der Waals surface area contributed by atoms with Crippen LogP contribution in [0.5, 0.6) is 0 Å². The summed E-state index contributed by atoms with van der Waals surface area (Å²) in [5.41, 5.74) is 4.79. The van der Waals surface area contributed by atoms with E-state index >= 15 is 0 Å². The summed E-state index contributed by atoms with van der Waals surface area (Å²) >= 11 is 1.21. The average Bonchev–Trinajstić information content (AvgIpc) is 2.08. The van der Waals surface area contributed by atoms with Gasteiger partial charge in [-0.05, 0) is 20.8 Å². The van der Waals surface area contributed by atoms with Gasteiger partial charge in [-0.3, -0.25) is 0 Å². The highest BCUT2D eigenvalue weighted by atomic mass is 32.1. The number of thiazole rings is 1. The molecule has 4 heteroatoms. The second kappa shape index (κ2) is 2.44. The fraction of sp³-hybridized carbons (Fsp3) is 0.571. The molecule has 0 atom stereocenters. The molecule has 0 saturated carbocycles. The quantitative estimate of drug-likeness (QED) is 0.709. The molecule has 0 saturated heterocycles. The van der Waals surface area contributed by atoms with Gasteiger partial charge < -0.3 is 5.73 Å². The summed E-state index contributed by atoms with van der Waals surface area (Å²) in [6.07, 6.45) is 0. The van der Waals surface area contributed by atoms with Crippen molar-refractivity contribution in [2.45, 2.75) is 26.4 Å². The first kappa shape index (κ1) is 8.46. The number of aromatic nitrogens is 1. The number of anilines is 1. The van der Waals surface area contributed by atoms with Gasteiger partial charge in [0.1, 0.15) is 5.67 Å². The van der Waals surface area contributed by atoms with Crippen molar-refractivity contribution < 1.29 is 4.39 Å². The van der Waals surface area contributed by atoms with E-state index in [2.05, 4.69) is 4.98 Å². The molecule has 0 spiro atoms. The number of hydrogen-bond acceptors (Lipinski definition) is 3. The second-order valence-electron chi connectivity index (χ2n) is 2.94. The summed E-state index contributed by atoms with van der Waals surface area (Å²) in [5, 5.41) is 0.434. The fourth-order valence-corrected chi connectivity index (χ4v) is 1.80. The summed E-state index contributed by atoms with van der Waals surface area (Å²) in [6.45, 7) is 4.78. The Bertz CT molecular complexity index is 262. The van der Waals surface area contributed by atoms with E-state index in [0.29, 0.717) is 15.7 Å². The molecule has 0 unspecified atom stereocenters. The number of nitrogens with two attached hydrogens (primary N) is 1. The zero-order chi connectivity index (χ0) is 8.65. The van der Waals surface area contributed by atoms with Gasteiger partial charge in [0.2, 0.25) is 0 Å². The third kappa shape index (κ3) is 1.68. The molecular formula is C7H11FN2S. The van der Waals surface area contributed by atoms with Gasteiger partial charge in [0.05, 0.1) is 10.6 Å². The summed E-state index contributed by atoms with van der Waals surface area (Å²) in [6, 6.07) is 0. The monoisotopic (exact) mass is 174 g/mol. The summed E-state index contributed by atoms with van der Waals surface area (Å²) < 4.78 is 13.3. The highest BCUT2D eigenvalue weighted by molar-refractivity contribution is 7.15. The van der Waals surface area contributed by atoms with Crippen LogP contribution < -0.4 is 5.73 Å². The highest BCUT2D eigenvalue weighted by Gasteiger charge is 2.24. The molecule has 0 fully saturated rings. The normalized spacial score (nSPS) is 12.0. The van der Waals surface area contributed by atoms with Crippen molar-refractivity contribution in [3.8, 4) is 0 Å². The lowest BCUT2D eigenvalue weighted by molar-refractivity contribution is 0.225. The Hall–Kier alpha value is -0.640. The molecule has 0 aliphatic heterocycles.